The van der Waals surface area contributed by atoms with Crippen LogP contribution < -0.4 is 14.8 Å². The predicted octanol–water partition coefficient (Wildman–Crippen LogP) is 5.09. The summed E-state index contributed by atoms with van der Waals surface area (Å²) < 4.78 is 46.0. The molecule has 0 aliphatic rings. The molecule has 0 aliphatic carbocycles. The Kier molecular flexibility index (Phi) is 6.92. The molecule has 2 aromatic carbocycles. The van der Waals surface area contributed by atoms with Crippen LogP contribution in [0.2, 0.25) is 0 Å². The molecule has 0 atom stereocenters. The van der Waals surface area contributed by atoms with Gasteiger partial charge in [0.1, 0.15) is 11.5 Å². The maximum Gasteiger partial charge on any atom is 0.573 e. The van der Waals surface area contributed by atoms with Crippen LogP contribution in [0.25, 0.3) is 12.2 Å². The lowest BCUT2D eigenvalue weighted by molar-refractivity contribution is -0.274. The zero-order valence-corrected chi connectivity index (χ0v) is 16.5. The second-order valence-corrected chi connectivity index (χ2v) is 6.45. The van der Waals surface area contributed by atoms with Gasteiger partial charge in [0, 0.05) is 30.1 Å². The summed E-state index contributed by atoms with van der Waals surface area (Å²) in [6.45, 7) is 0.366. The fraction of sp³-hybridized carbons (Fsp3) is 0.130. The van der Waals surface area contributed by atoms with Crippen LogP contribution in [0.4, 0.5) is 13.2 Å². The van der Waals surface area contributed by atoms with Crippen molar-refractivity contribution in [2.75, 3.05) is 7.11 Å². The molecule has 0 spiro atoms. The topological polar surface area (TPSA) is 60.5 Å². The molecule has 0 unspecified atom stereocenters. The van der Waals surface area contributed by atoms with Crippen LogP contribution >= 0.6 is 0 Å². The van der Waals surface area contributed by atoms with Crippen molar-refractivity contribution in [1.82, 2.24) is 10.3 Å². The van der Waals surface area contributed by atoms with Crippen molar-refractivity contribution in [3.8, 4) is 11.5 Å². The molecule has 0 bridgehead atoms. The number of benzene rings is 2. The highest BCUT2D eigenvalue weighted by Gasteiger charge is 2.30. The Labute approximate surface area is 177 Å². The Morgan fingerprint density at radius 1 is 1.03 bits per heavy atom. The number of carbonyl (C=O) groups is 1. The number of carbonyl (C=O) groups excluding carboxylic acids is 1. The molecule has 5 nitrogen and oxygen atoms in total. The fourth-order valence-electron chi connectivity index (χ4n) is 2.76. The quantitative estimate of drug-likeness (QED) is 0.533. The molecule has 0 saturated heterocycles. The van der Waals surface area contributed by atoms with Gasteiger partial charge in [0.05, 0.1) is 7.11 Å². The number of halogens is 3. The Hall–Kier alpha value is -3.81. The molecule has 160 valence electrons. The first-order chi connectivity index (χ1) is 14.8. The monoisotopic (exact) mass is 428 g/mol. The SMILES string of the molecule is COc1ccc(C(=O)NCc2ccncc2)cc1/C=C/c1ccc(OC(F)(F)F)cc1. The van der Waals surface area contributed by atoms with Crippen molar-refractivity contribution in [2.45, 2.75) is 12.9 Å². The normalized spacial score (nSPS) is 11.4. The first-order valence-electron chi connectivity index (χ1n) is 9.23. The van der Waals surface area contributed by atoms with Gasteiger partial charge in [-0.1, -0.05) is 24.3 Å². The number of hydrogen-bond acceptors (Lipinski definition) is 4. The third-order valence-corrected chi connectivity index (χ3v) is 4.26. The lowest BCUT2D eigenvalue weighted by Crippen LogP contribution is -2.22. The maximum atomic E-state index is 12.5. The van der Waals surface area contributed by atoms with Gasteiger partial charge in [-0.2, -0.15) is 0 Å². The van der Waals surface area contributed by atoms with E-state index in [9.17, 15) is 18.0 Å². The van der Waals surface area contributed by atoms with Crippen molar-refractivity contribution in [3.63, 3.8) is 0 Å². The summed E-state index contributed by atoms with van der Waals surface area (Å²) in [7, 11) is 1.51. The molecule has 0 fully saturated rings. The van der Waals surface area contributed by atoms with Gasteiger partial charge in [0.25, 0.3) is 5.91 Å². The van der Waals surface area contributed by atoms with Crippen molar-refractivity contribution in [3.05, 3.63) is 89.2 Å². The number of rotatable bonds is 7. The molecular formula is C23H19F3N2O3. The van der Waals surface area contributed by atoms with E-state index in [0.29, 0.717) is 29.0 Å². The zero-order valence-electron chi connectivity index (χ0n) is 16.5. The van der Waals surface area contributed by atoms with Crippen LogP contribution in [0.1, 0.15) is 27.0 Å². The lowest BCUT2D eigenvalue weighted by atomic mass is 10.1. The van der Waals surface area contributed by atoms with Gasteiger partial charge in [0.2, 0.25) is 0 Å². The van der Waals surface area contributed by atoms with Gasteiger partial charge < -0.3 is 14.8 Å². The Morgan fingerprint density at radius 3 is 2.39 bits per heavy atom. The summed E-state index contributed by atoms with van der Waals surface area (Å²) in [4.78, 5) is 16.4. The predicted molar refractivity (Wildman–Crippen MR) is 110 cm³/mol. The van der Waals surface area contributed by atoms with Gasteiger partial charge >= 0.3 is 6.36 Å². The highest BCUT2D eigenvalue weighted by molar-refractivity contribution is 5.95. The molecule has 8 heteroatoms. The molecule has 0 radical (unpaired) electrons. The van der Waals surface area contributed by atoms with E-state index in [1.54, 1.807) is 42.7 Å². The van der Waals surface area contributed by atoms with Crippen LogP contribution in [0.3, 0.4) is 0 Å². The number of nitrogens with zero attached hydrogens (tertiary/aromatic N) is 1. The second-order valence-electron chi connectivity index (χ2n) is 6.45. The maximum absolute atomic E-state index is 12.5. The summed E-state index contributed by atoms with van der Waals surface area (Å²) in [5, 5.41) is 2.84. The van der Waals surface area contributed by atoms with Gasteiger partial charge in [-0.25, -0.2) is 0 Å². The van der Waals surface area contributed by atoms with Crippen LogP contribution in [0.5, 0.6) is 11.5 Å². The number of pyridine rings is 1. The molecule has 3 aromatic rings. The summed E-state index contributed by atoms with van der Waals surface area (Å²) in [6.07, 6.45) is 1.99. The standard InChI is InChI=1S/C23H19F3N2O3/c1-30-21-9-6-19(22(29)28-15-17-10-12-27-13-11-17)14-18(21)5-2-16-3-7-20(8-4-16)31-23(24,25)26/h2-14H,15H2,1H3,(H,28,29)/b5-2+. The van der Waals surface area contributed by atoms with Gasteiger partial charge in [-0.3, -0.25) is 9.78 Å². The smallest absolute Gasteiger partial charge is 0.496 e. The van der Waals surface area contributed by atoms with E-state index >= 15 is 0 Å². The Balaban J connectivity index is 1.72. The minimum Gasteiger partial charge on any atom is -0.496 e. The summed E-state index contributed by atoms with van der Waals surface area (Å²) >= 11 is 0. The Bertz CT molecular complexity index is 1050. The van der Waals surface area contributed by atoms with Gasteiger partial charge in [-0.15, -0.1) is 13.2 Å². The van der Waals surface area contributed by atoms with Crippen molar-refractivity contribution in [2.24, 2.45) is 0 Å². The summed E-state index contributed by atoms with van der Waals surface area (Å²) in [5.74, 6) is 0.0109. The van der Waals surface area contributed by atoms with Crippen LogP contribution in [0, 0.1) is 0 Å². The minimum absolute atomic E-state index is 0.247. The highest BCUT2D eigenvalue weighted by Crippen LogP contribution is 2.25. The highest BCUT2D eigenvalue weighted by atomic mass is 19.4. The van der Waals surface area contributed by atoms with Gasteiger partial charge in [0.15, 0.2) is 0 Å². The van der Waals surface area contributed by atoms with Crippen molar-refractivity contribution in [1.29, 1.82) is 0 Å². The number of hydrogen-bond donors (Lipinski definition) is 1. The van der Waals surface area contributed by atoms with Crippen LogP contribution in [0.15, 0.2) is 67.0 Å². The fourth-order valence-corrected chi connectivity index (χ4v) is 2.76. The Morgan fingerprint density at radius 2 is 1.74 bits per heavy atom. The second kappa shape index (κ2) is 9.80. The van der Waals surface area contributed by atoms with E-state index in [2.05, 4.69) is 15.0 Å². The molecule has 1 heterocycles. The number of ether oxygens (including phenoxy) is 2. The number of alkyl halides is 3. The number of aromatic nitrogens is 1. The van der Waals surface area contributed by atoms with E-state index < -0.39 is 6.36 Å². The average Bonchev–Trinajstić information content (AvgIpc) is 2.76. The molecule has 1 amide bonds. The molecule has 3 rings (SSSR count). The van der Waals surface area contributed by atoms with E-state index in [-0.39, 0.29) is 11.7 Å². The largest absolute Gasteiger partial charge is 0.573 e. The number of amides is 1. The minimum atomic E-state index is -4.73. The molecule has 31 heavy (non-hydrogen) atoms. The van der Waals surface area contributed by atoms with Crippen LogP contribution in [-0.2, 0) is 6.54 Å². The number of nitrogens with one attached hydrogen (secondary N) is 1. The molecule has 0 saturated carbocycles. The number of methoxy groups -OCH3 is 1. The van der Waals surface area contributed by atoms with Crippen LogP contribution in [-0.4, -0.2) is 24.4 Å². The first kappa shape index (κ1) is 21.9. The third kappa shape index (κ3) is 6.60. The lowest BCUT2D eigenvalue weighted by Gasteiger charge is -2.10. The third-order valence-electron chi connectivity index (χ3n) is 4.26. The zero-order chi connectivity index (χ0) is 22.3. The summed E-state index contributed by atoms with van der Waals surface area (Å²) in [6, 6.07) is 14.1. The van der Waals surface area contributed by atoms with Crippen molar-refractivity contribution < 1.29 is 27.4 Å². The average molecular weight is 428 g/mol. The van der Waals surface area contributed by atoms with E-state index in [0.717, 1.165) is 5.56 Å². The molecular weight excluding hydrogens is 409 g/mol. The first-order valence-corrected chi connectivity index (χ1v) is 9.23. The molecule has 1 N–H and O–H groups in total. The van der Waals surface area contributed by atoms with E-state index in [1.807, 2.05) is 12.1 Å². The molecule has 1 aromatic heterocycles. The van der Waals surface area contributed by atoms with Crippen molar-refractivity contribution >= 4 is 18.1 Å². The van der Waals surface area contributed by atoms with E-state index in [1.165, 1.54) is 31.4 Å². The molecule has 0 aliphatic heterocycles. The summed E-state index contributed by atoms with van der Waals surface area (Å²) in [5.41, 5.74) is 2.68. The van der Waals surface area contributed by atoms with Gasteiger partial charge in [-0.05, 0) is 53.6 Å². The van der Waals surface area contributed by atoms with E-state index in [4.69, 9.17) is 4.74 Å².